The first kappa shape index (κ1) is 6.05. The Morgan fingerprint density at radius 2 is 2.50 bits per heavy atom. The van der Waals surface area contributed by atoms with Gasteiger partial charge in [0.05, 0.1) is 6.61 Å². The maximum atomic E-state index is 8.62. The highest BCUT2D eigenvalue weighted by molar-refractivity contribution is 4.77. The topological polar surface area (TPSA) is 32.3 Å². The zero-order valence-corrected chi connectivity index (χ0v) is 5.22. The summed E-state index contributed by atoms with van der Waals surface area (Å²) in [5, 5.41) is 11.8. The third-order valence-electron chi connectivity index (χ3n) is 1.66. The van der Waals surface area contributed by atoms with Gasteiger partial charge in [0, 0.05) is 6.04 Å². The smallest absolute Gasteiger partial charge is 0.0584 e. The molecule has 1 fully saturated rings. The fourth-order valence-electron chi connectivity index (χ4n) is 1.16. The van der Waals surface area contributed by atoms with Gasteiger partial charge in [-0.25, -0.2) is 0 Å². The lowest BCUT2D eigenvalue weighted by Gasteiger charge is -2.02. The van der Waals surface area contributed by atoms with Crippen LogP contribution in [0.3, 0.4) is 0 Å². The minimum Gasteiger partial charge on any atom is -0.395 e. The van der Waals surface area contributed by atoms with Crippen molar-refractivity contribution in [2.24, 2.45) is 5.92 Å². The van der Waals surface area contributed by atoms with Crippen molar-refractivity contribution in [2.45, 2.75) is 19.4 Å². The Morgan fingerprint density at radius 1 is 1.75 bits per heavy atom. The van der Waals surface area contributed by atoms with Crippen molar-refractivity contribution in [1.82, 2.24) is 5.32 Å². The maximum Gasteiger partial charge on any atom is 0.0584 e. The van der Waals surface area contributed by atoms with Gasteiger partial charge in [-0.1, -0.05) is 6.92 Å². The average molecular weight is 115 g/mol. The minimum absolute atomic E-state index is 0.296. The van der Waals surface area contributed by atoms with Crippen molar-refractivity contribution in [3.8, 4) is 0 Å². The Labute approximate surface area is 49.9 Å². The summed E-state index contributed by atoms with van der Waals surface area (Å²) in [6.45, 7) is 3.57. The predicted octanol–water partition coefficient (Wildman–Crippen LogP) is -0.0233. The summed E-state index contributed by atoms with van der Waals surface area (Å²) in [7, 11) is 0. The van der Waals surface area contributed by atoms with Crippen LogP contribution in [0.5, 0.6) is 0 Å². The normalized spacial score (nSPS) is 38.2. The van der Waals surface area contributed by atoms with E-state index in [0.717, 1.165) is 18.9 Å². The molecule has 0 aromatic carbocycles. The van der Waals surface area contributed by atoms with Crippen LogP contribution in [0.1, 0.15) is 13.3 Å². The molecule has 48 valence electrons. The number of aliphatic hydroxyl groups is 1. The quantitative estimate of drug-likeness (QED) is 0.503. The van der Waals surface area contributed by atoms with Crippen LogP contribution >= 0.6 is 0 Å². The summed E-state index contributed by atoms with van der Waals surface area (Å²) in [5.41, 5.74) is 0. The maximum absolute atomic E-state index is 8.62. The van der Waals surface area contributed by atoms with E-state index in [-0.39, 0.29) is 0 Å². The number of aliphatic hydroxyl groups excluding tert-OH is 1. The molecule has 0 bridgehead atoms. The Morgan fingerprint density at radius 3 is 2.75 bits per heavy atom. The van der Waals surface area contributed by atoms with Crippen LogP contribution in [-0.2, 0) is 0 Å². The molecule has 0 saturated carbocycles. The summed E-state index contributed by atoms with van der Waals surface area (Å²) >= 11 is 0. The summed E-state index contributed by atoms with van der Waals surface area (Å²) in [4.78, 5) is 0. The van der Waals surface area contributed by atoms with E-state index in [4.69, 9.17) is 5.11 Å². The van der Waals surface area contributed by atoms with E-state index in [1.54, 1.807) is 0 Å². The van der Waals surface area contributed by atoms with Crippen LogP contribution in [-0.4, -0.2) is 24.3 Å². The monoisotopic (exact) mass is 115 g/mol. The van der Waals surface area contributed by atoms with Gasteiger partial charge in [0.25, 0.3) is 0 Å². The minimum atomic E-state index is 0.296. The van der Waals surface area contributed by atoms with Gasteiger partial charge < -0.3 is 10.4 Å². The molecule has 0 spiro atoms. The van der Waals surface area contributed by atoms with Gasteiger partial charge in [-0.05, 0) is 18.9 Å². The second-order valence-corrected chi connectivity index (χ2v) is 2.63. The molecular weight excluding hydrogens is 102 g/mol. The van der Waals surface area contributed by atoms with Crippen LogP contribution < -0.4 is 5.32 Å². The van der Waals surface area contributed by atoms with Crippen LogP contribution in [0.2, 0.25) is 0 Å². The first-order chi connectivity index (χ1) is 3.83. The van der Waals surface area contributed by atoms with E-state index < -0.39 is 0 Å². The van der Waals surface area contributed by atoms with E-state index in [2.05, 4.69) is 12.2 Å². The molecule has 2 heteroatoms. The van der Waals surface area contributed by atoms with Crippen LogP contribution in [0.4, 0.5) is 0 Å². The summed E-state index contributed by atoms with van der Waals surface area (Å²) in [5.74, 6) is 0.757. The third-order valence-corrected chi connectivity index (χ3v) is 1.66. The zero-order chi connectivity index (χ0) is 5.98. The fraction of sp³-hybridized carbons (Fsp3) is 1.00. The van der Waals surface area contributed by atoms with E-state index >= 15 is 0 Å². The molecule has 8 heavy (non-hydrogen) atoms. The average Bonchev–Trinajstić information content (AvgIpc) is 2.14. The van der Waals surface area contributed by atoms with Crippen molar-refractivity contribution in [1.29, 1.82) is 0 Å². The van der Waals surface area contributed by atoms with Crippen molar-refractivity contribution in [3.05, 3.63) is 0 Å². The second kappa shape index (κ2) is 2.46. The molecular formula is C6H13NO. The van der Waals surface area contributed by atoms with Crippen LogP contribution in [0.25, 0.3) is 0 Å². The Kier molecular flexibility index (Phi) is 1.86. The second-order valence-electron chi connectivity index (χ2n) is 2.63. The molecule has 1 aliphatic rings. The van der Waals surface area contributed by atoms with Crippen LogP contribution in [0, 0.1) is 5.92 Å². The number of hydrogen-bond acceptors (Lipinski definition) is 2. The van der Waals surface area contributed by atoms with Crippen LogP contribution in [0.15, 0.2) is 0 Å². The zero-order valence-electron chi connectivity index (χ0n) is 5.22. The molecule has 2 atom stereocenters. The fourth-order valence-corrected chi connectivity index (χ4v) is 1.16. The van der Waals surface area contributed by atoms with Gasteiger partial charge >= 0.3 is 0 Å². The van der Waals surface area contributed by atoms with Crippen molar-refractivity contribution >= 4 is 0 Å². The number of rotatable bonds is 1. The van der Waals surface area contributed by atoms with Gasteiger partial charge in [0.15, 0.2) is 0 Å². The van der Waals surface area contributed by atoms with Gasteiger partial charge in [-0.15, -0.1) is 0 Å². The molecule has 0 amide bonds. The predicted molar refractivity (Wildman–Crippen MR) is 32.7 cm³/mol. The van der Waals surface area contributed by atoms with Gasteiger partial charge in [-0.3, -0.25) is 0 Å². The Balaban J connectivity index is 2.22. The lowest BCUT2D eigenvalue weighted by atomic mass is 10.1. The number of hydrogen-bond donors (Lipinski definition) is 2. The molecule has 1 aliphatic heterocycles. The molecule has 0 aliphatic carbocycles. The van der Waals surface area contributed by atoms with Crippen molar-refractivity contribution in [3.63, 3.8) is 0 Å². The van der Waals surface area contributed by atoms with Gasteiger partial charge in [-0.2, -0.15) is 0 Å². The molecule has 0 aromatic rings. The summed E-state index contributed by atoms with van der Waals surface area (Å²) < 4.78 is 0. The lowest BCUT2D eigenvalue weighted by Crippen LogP contribution is -2.24. The summed E-state index contributed by atoms with van der Waals surface area (Å²) in [6, 6.07) is 0.380. The molecule has 1 heterocycles. The van der Waals surface area contributed by atoms with Gasteiger partial charge in [0.1, 0.15) is 0 Å². The van der Waals surface area contributed by atoms with Crippen molar-refractivity contribution < 1.29 is 5.11 Å². The van der Waals surface area contributed by atoms with E-state index in [9.17, 15) is 0 Å². The first-order valence-corrected chi connectivity index (χ1v) is 3.17. The van der Waals surface area contributed by atoms with E-state index in [0.29, 0.717) is 12.6 Å². The molecule has 1 saturated heterocycles. The molecule has 2 N–H and O–H groups in total. The highest BCUT2D eigenvalue weighted by atomic mass is 16.3. The summed E-state index contributed by atoms with van der Waals surface area (Å²) in [6.07, 6.45) is 1.14. The van der Waals surface area contributed by atoms with E-state index in [1.807, 2.05) is 0 Å². The van der Waals surface area contributed by atoms with E-state index in [1.165, 1.54) is 0 Å². The molecule has 1 rings (SSSR count). The Bertz CT molecular complexity index is 74.9. The first-order valence-electron chi connectivity index (χ1n) is 3.17. The Hall–Kier alpha value is -0.0800. The SMILES string of the molecule is CC1CNC(CO)C1. The molecule has 0 aromatic heterocycles. The largest absolute Gasteiger partial charge is 0.395 e. The molecule has 0 radical (unpaired) electrons. The van der Waals surface area contributed by atoms with Gasteiger partial charge in [0.2, 0.25) is 0 Å². The highest BCUT2D eigenvalue weighted by Crippen LogP contribution is 2.11. The third kappa shape index (κ3) is 1.20. The highest BCUT2D eigenvalue weighted by Gasteiger charge is 2.18. The standard InChI is InChI=1S/C6H13NO/c1-5-2-6(4-8)7-3-5/h5-8H,2-4H2,1H3. The lowest BCUT2D eigenvalue weighted by molar-refractivity contribution is 0.253. The molecule has 2 unspecified atom stereocenters. The number of nitrogens with one attached hydrogen (secondary N) is 1. The molecule has 2 nitrogen and oxygen atoms in total. The van der Waals surface area contributed by atoms with Crippen molar-refractivity contribution in [2.75, 3.05) is 13.2 Å².